The average molecular weight is 351 g/mol. The molecular formula is C17H33N7O. The van der Waals surface area contributed by atoms with E-state index in [1.807, 2.05) is 37.3 Å². The third kappa shape index (κ3) is 8.00. The summed E-state index contributed by atoms with van der Waals surface area (Å²) in [4.78, 5) is 18.6. The smallest absolute Gasteiger partial charge is 0.240 e. The molecule has 1 amide bonds. The second-order valence-electron chi connectivity index (χ2n) is 7.08. The molecule has 0 saturated heterocycles. The van der Waals surface area contributed by atoms with E-state index in [-0.39, 0.29) is 18.0 Å². The highest BCUT2D eigenvalue weighted by molar-refractivity contribution is 5.86. The van der Waals surface area contributed by atoms with Gasteiger partial charge in [-0.25, -0.2) is 0 Å². The lowest BCUT2D eigenvalue weighted by Gasteiger charge is -2.25. The third-order valence-electron chi connectivity index (χ3n) is 3.39. The summed E-state index contributed by atoms with van der Waals surface area (Å²) in [6.45, 7) is 12.5. The lowest BCUT2D eigenvalue weighted by Crippen LogP contribution is -2.49. The molecule has 1 heterocycles. The fourth-order valence-electron chi connectivity index (χ4n) is 2.30. The fraction of sp³-hybridized carbons (Fsp3) is 0.765. The van der Waals surface area contributed by atoms with Crippen molar-refractivity contribution in [3.63, 3.8) is 0 Å². The number of nitrogens with one attached hydrogen (secondary N) is 2. The largest absolute Gasteiger partial charge is 0.354 e. The van der Waals surface area contributed by atoms with Gasteiger partial charge in [-0.2, -0.15) is 0 Å². The Bertz CT molecular complexity index is 560. The molecule has 0 bridgehead atoms. The Morgan fingerprint density at radius 3 is 2.68 bits per heavy atom. The molecule has 0 aliphatic rings. The van der Waals surface area contributed by atoms with E-state index in [2.05, 4.69) is 39.7 Å². The van der Waals surface area contributed by atoms with Crippen molar-refractivity contribution in [1.29, 1.82) is 0 Å². The fourth-order valence-corrected chi connectivity index (χ4v) is 2.30. The number of rotatable bonds is 8. The quantitative estimate of drug-likeness (QED) is 0.540. The summed E-state index contributed by atoms with van der Waals surface area (Å²) < 4.78 is 2.02. The van der Waals surface area contributed by atoms with Crippen LogP contribution in [0.1, 0.15) is 46.9 Å². The molecule has 0 aliphatic carbocycles. The summed E-state index contributed by atoms with van der Waals surface area (Å²) in [6.07, 6.45) is 3.55. The Morgan fingerprint density at radius 1 is 1.36 bits per heavy atom. The number of amides is 1. The highest BCUT2D eigenvalue weighted by Crippen LogP contribution is 1.99. The topological polar surface area (TPSA) is 87.4 Å². The van der Waals surface area contributed by atoms with E-state index < -0.39 is 0 Å². The minimum Gasteiger partial charge on any atom is -0.354 e. The zero-order valence-corrected chi connectivity index (χ0v) is 16.5. The zero-order valence-electron chi connectivity index (χ0n) is 16.5. The van der Waals surface area contributed by atoms with Crippen molar-refractivity contribution in [3.8, 4) is 0 Å². The van der Waals surface area contributed by atoms with Crippen molar-refractivity contribution in [1.82, 2.24) is 30.3 Å². The maximum Gasteiger partial charge on any atom is 0.240 e. The number of aliphatic imine (C=N–C) groups is 1. The summed E-state index contributed by atoms with van der Waals surface area (Å²) >= 11 is 0. The maximum absolute atomic E-state index is 12.1. The van der Waals surface area contributed by atoms with Gasteiger partial charge in [0, 0.05) is 38.6 Å². The molecule has 0 aromatic carbocycles. The molecule has 1 rings (SSSR count). The summed E-state index contributed by atoms with van der Waals surface area (Å²) in [5, 5.41) is 14.3. The van der Waals surface area contributed by atoms with Crippen LogP contribution in [0.5, 0.6) is 0 Å². The van der Waals surface area contributed by atoms with Crippen LogP contribution in [0.15, 0.2) is 11.3 Å². The predicted octanol–water partition coefficient (Wildman–Crippen LogP) is 1.04. The second kappa shape index (κ2) is 10.0. The van der Waals surface area contributed by atoms with Gasteiger partial charge in [0.25, 0.3) is 0 Å². The molecule has 0 atom stereocenters. The number of likely N-dealkylation sites (N-methyl/N-ethyl adjacent to an activating group) is 1. The molecule has 142 valence electrons. The number of aryl methyl sites for hydroxylation is 1. The highest BCUT2D eigenvalue weighted by Gasteiger charge is 2.16. The van der Waals surface area contributed by atoms with Gasteiger partial charge in [-0.05, 0) is 27.2 Å². The second-order valence-corrected chi connectivity index (χ2v) is 7.08. The Labute approximate surface area is 151 Å². The van der Waals surface area contributed by atoms with Gasteiger partial charge in [0.15, 0.2) is 5.96 Å². The van der Waals surface area contributed by atoms with E-state index in [1.165, 1.54) is 0 Å². The number of nitrogens with zero attached hydrogens (tertiary/aromatic N) is 5. The van der Waals surface area contributed by atoms with Crippen molar-refractivity contribution in [2.75, 3.05) is 26.7 Å². The molecule has 0 radical (unpaired) electrons. The summed E-state index contributed by atoms with van der Waals surface area (Å²) in [5.41, 5.74) is -0.239. The first kappa shape index (κ1) is 20.9. The van der Waals surface area contributed by atoms with Crippen LogP contribution >= 0.6 is 0 Å². The lowest BCUT2D eigenvalue weighted by molar-refractivity contribution is -0.122. The molecule has 0 fully saturated rings. The number of guanidine groups is 1. The molecule has 1 aromatic heterocycles. The first-order chi connectivity index (χ1) is 11.8. The molecule has 2 N–H and O–H groups in total. The number of carbonyl (C=O) groups excluding carboxylic acids is 1. The average Bonchev–Trinajstić information content (AvgIpc) is 2.95. The minimum absolute atomic E-state index is 0.0203. The molecule has 25 heavy (non-hydrogen) atoms. The molecule has 8 heteroatoms. The van der Waals surface area contributed by atoms with Gasteiger partial charge in [0.2, 0.25) is 5.91 Å². The van der Waals surface area contributed by atoms with Crippen LogP contribution in [0.4, 0.5) is 0 Å². The van der Waals surface area contributed by atoms with Crippen LogP contribution in [-0.2, 0) is 17.8 Å². The van der Waals surface area contributed by atoms with Crippen LogP contribution in [0.3, 0.4) is 0 Å². The summed E-state index contributed by atoms with van der Waals surface area (Å²) in [7, 11) is 1.87. The first-order valence-corrected chi connectivity index (χ1v) is 8.94. The molecule has 8 nitrogen and oxygen atoms in total. The Hall–Kier alpha value is -2.12. The van der Waals surface area contributed by atoms with Crippen molar-refractivity contribution in [2.24, 2.45) is 4.99 Å². The van der Waals surface area contributed by atoms with Crippen LogP contribution in [-0.4, -0.2) is 63.8 Å². The summed E-state index contributed by atoms with van der Waals surface area (Å²) in [5.74, 6) is 1.68. The third-order valence-corrected chi connectivity index (χ3v) is 3.39. The van der Waals surface area contributed by atoms with Crippen molar-refractivity contribution in [2.45, 2.75) is 59.5 Å². The summed E-state index contributed by atoms with van der Waals surface area (Å²) in [6, 6.07) is 0. The Kier molecular flexibility index (Phi) is 8.37. The molecule has 1 aromatic rings. The van der Waals surface area contributed by atoms with E-state index >= 15 is 0 Å². The normalized spacial score (nSPS) is 12.2. The van der Waals surface area contributed by atoms with Crippen LogP contribution in [0.25, 0.3) is 0 Å². The van der Waals surface area contributed by atoms with E-state index in [4.69, 9.17) is 0 Å². The molecule has 0 saturated carbocycles. The van der Waals surface area contributed by atoms with E-state index in [0.717, 1.165) is 37.7 Å². The van der Waals surface area contributed by atoms with Crippen molar-refractivity contribution < 1.29 is 4.79 Å². The van der Waals surface area contributed by atoms with E-state index in [0.29, 0.717) is 6.54 Å². The van der Waals surface area contributed by atoms with Gasteiger partial charge >= 0.3 is 0 Å². The van der Waals surface area contributed by atoms with Crippen LogP contribution in [0, 0.1) is 0 Å². The number of hydrogen-bond donors (Lipinski definition) is 2. The lowest BCUT2D eigenvalue weighted by atomic mass is 10.1. The van der Waals surface area contributed by atoms with Gasteiger partial charge in [-0.15, -0.1) is 10.2 Å². The van der Waals surface area contributed by atoms with E-state index in [9.17, 15) is 4.79 Å². The molecule has 0 spiro atoms. The molecule has 0 unspecified atom stereocenters. The number of hydrogen-bond acceptors (Lipinski definition) is 4. The van der Waals surface area contributed by atoms with Crippen LogP contribution < -0.4 is 10.6 Å². The van der Waals surface area contributed by atoms with E-state index in [1.54, 1.807) is 6.33 Å². The standard InChI is InChI=1S/C17H33N7O/c1-7-9-18-16(23(6)12-15(25)21-17(3,4)5)19-10-11-24-13-20-22-14(24)8-2/h13H,7-12H2,1-6H3,(H,18,19)(H,21,25). The highest BCUT2D eigenvalue weighted by atomic mass is 16.2. The van der Waals surface area contributed by atoms with Crippen molar-refractivity contribution in [3.05, 3.63) is 12.2 Å². The predicted molar refractivity (Wildman–Crippen MR) is 101 cm³/mol. The van der Waals surface area contributed by atoms with Gasteiger partial charge in [0.05, 0.1) is 6.54 Å². The minimum atomic E-state index is -0.239. The maximum atomic E-state index is 12.1. The monoisotopic (exact) mass is 351 g/mol. The Morgan fingerprint density at radius 2 is 2.08 bits per heavy atom. The van der Waals surface area contributed by atoms with Gasteiger partial charge in [0.1, 0.15) is 12.2 Å². The zero-order chi connectivity index (χ0) is 18.9. The first-order valence-electron chi connectivity index (χ1n) is 8.94. The van der Waals surface area contributed by atoms with Crippen LogP contribution in [0.2, 0.25) is 0 Å². The van der Waals surface area contributed by atoms with Gasteiger partial charge in [-0.3, -0.25) is 9.79 Å². The number of aromatic nitrogens is 3. The SMILES string of the molecule is CCCN=C(NCCn1cnnc1CC)N(C)CC(=O)NC(C)(C)C. The molecular weight excluding hydrogens is 318 g/mol. The molecule has 0 aliphatic heterocycles. The number of carbonyl (C=O) groups is 1. The Balaban J connectivity index is 2.59. The van der Waals surface area contributed by atoms with Gasteiger partial charge < -0.3 is 20.1 Å². The van der Waals surface area contributed by atoms with Gasteiger partial charge in [-0.1, -0.05) is 13.8 Å². The van der Waals surface area contributed by atoms with Crippen molar-refractivity contribution >= 4 is 11.9 Å².